The highest BCUT2D eigenvalue weighted by atomic mass is 19.4. The third-order valence-electron chi connectivity index (χ3n) is 3.22. The van der Waals surface area contributed by atoms with E-state index in [1.165, 1.54) is 35.0 Å². The molecule has 0 aliphatic rings. The second-order valence-corrected chi connectivity index (χ2v) is 4.68. The van der Waals surface area contributed by atoms with Gasteiger partial charge in [-0.3, -0.25) is 4.40 Å². The number of carboxylic acids is 1. The maximum absolute atomic E-state index is 12.8. The van der Waals surface area contributed by atoms with Gasteiger partial charge in [0.2, 0.25) is 0 Å². The van der Waals surface area contributed by atoms with Gasteiger partial charge in [-0.05, 0) is 24.3 Å². The molecule has 0 aliphatic heterocycles. The van der Waals surface area contributed by atoms with Gasteiger partial charge in [-0.1, -0.05) is 12.1 Å². The van der Waals surface area contributed by atoms with Gasteiger partial charge in [-0.15, -0.1) is 0 Å². The molecular formula is C15H9F3N2O2. The van der Waals surface area contributed by atoms with Crippen LogP contribution >= 0.6 is 0 Å². The summed E-state index contributed by atoms with van der Waals surface area (Å²) in [6, 6.07) is 7.71. The summed E-state index contributed by atoms with van der Waals surface area (Å²) in [7, 11) is 0. The predicted octanol–water partition coefficient (Wildman–Crippen LogP) is 3.72. The quantitative estimate of drug-likeness (QED) is 0.785. The van der Waals surface area contributed by atoms with Crippen LogP contribution in [0, 0.1) is 0 Å². The molecule has 7 heteroatoms. The van der Waals surface area contributed by atoms with Crippen molar-refractivity contribution in [2.24, 2.45) is 0 Å². The first-order valence-electron chi connectivity index (χ1n) is 6.24. The van der Waals surface area contributed by atoms with Crippen LogP contribution in [-0.4, -0.2) is 20.5 Å². The second-order valence-electron chi connectivity index (χ2n) is 4.68. The fourth-order valence-electron chi connectivity index (χ4n) is 2.16. The molecule has 3 aromatic rings. The van der Waals surface area contributed by atoms with E-state index in [0.717, 1.165) is 12.1 Å². The van der Waals surface area contributed by atoms with E-state index in [-0.39, 0.29) is 17.0 Å². The van der Waals surface area contributed by atoms with Crippen molar-refractivity contribution >= 4 is 11.5 Å². The van der Waals surface area contributed by atoms with E-state index in [1.54, 1.807) is 6.07 Å². The molecule has 0 fully saturated rings. The second kappa shape index (κ2) is 4.87. The first kappa shape index (κ1) is 14.1. The Hall–Kier alpha value is -2.83. The van der Waals surface area contributed by atoms with E-state index in [9.17, 15) is 18.0 Å². The Labute approximate surface area is 122 Å². The zero-order valence-corrected chi connectivity index (χ0v) is 11.0. The van der Waals surface area contributed by atoms with E-state index in [1.807, 2.05) is 0 Å². The molecule has 0 aliphatic carbocycles. The zero-order valence-electron chi connectivity index (χ0n) is 11.0. The van der Waals surface area contributed by atoms with Crippen molar-refractivity contribution < 1.29 is 23.1 Å². The first-order chi connectivity index (χ1) is 10.4. The van der Waals surface area contributed by atoms with Crippen LogP contribution in [0.25, 0.3) is 16.9 Å². The van der Waals surface area contributed by atoms with Gasteiger partial charge in [-0.25, -0.2) is 9.78 Å². The number of hydrogen-bond donors (Lipinski definition) is 1. The van der Waals surface area contributed by atoms with Crippen LogP contribution < -0.4 is 0 Å². The van der Waals surface area contributed by atoms with Crippen molar-refractivity contribution in [1.29, 1.82) is 0 Å². The van der Waals surface area contributed by atoms with E-state index in [4.69, 9.17) is 5.11 Å². The Morgan fingerprint density at radius 2 is 1.95 bits per heavy atom. The number of nitrogens with zero attached hydrogens (tertiary/aromatic N) is 2. The normalized spacial score (nSPS) is 11.8. The molecule has 0 bridgehead atoms. The Kier molecular flexibility index (Phi) is 3.13. The average Bonchev–Trinajstić information content (AvgIpc) is 2.89. The van der Waals surface area contributed by atoms with Crippen molar-refractivity contribution in [1.82, 2.24) is 9.38 Å². The van der Waals surface area contributed by atoms with Crippen molar-refractivity contribution in [3.63, 3.8) is 0 Å². The number of carboxylic acid groups (broad SMARTS) is 1. The number of rotatable bonds is 2. The first-order valence-corrected chi connectivity index (χ1v) is 6.24. The lowest BCUT2D eigenvalue weighted by Crippen LogP contribution is -2.05. The summed E-state index contributed by atoms with van der Waals surface area (Å²) in [5.41, 5.74) is 0.102. The maximum atomic E-state index is 12.8. The lowest BCUT2D eigenvalue weighted by atomic mass is 10.1. The van der Waals surface area contributed by atoms with E-state index < -0.39 is 17.7 Å². The monoisotopic (exact) mass is 306 g/mol. The summed E-state index contributed by atoms with van der Waals surface area (Å²) < 4.78 is 39.8. The number of imidazole rings is 1. The molecule has 0 saturated heterocycles. The minimum Gasteiger partial charge on any atom is -0.478 e. The highest BCUT2D eigenvalue weighted by Gasteiger charge is 2.30. The van der Waals surface area contributed by atoms with Gasteiger partial charge in [0, 0.05) is 11.8 Å². The molecule has 112 valence electrons. The Bertz CT molecular complexity index is 869. The molecule has 4 nitrogen and oxygen atoms in total. The van der Waals surface area contributed by atoms with Crippen LogP contribution in [0.5, 0.6) is 0 Å². The van der Waals surface area contributed by atoms with Crippen molar-refractivity contribution in [3.8, 4) is 11.4 Å². The van der Waals surface area contributed by atoms with E-state index in [2.05, 4.69) is 4.98 Å². The smallest absolute Gasteiger partial charge is 0.416 e. The molecule has 2 heterocycles. The molecular weight excluding hydrogens is 297 g/mol. The predicted molar refractivity (Wildman–Crippen MR) is 72.6 cm³/mol. The van der Waals surface area contributed by atoms with E-state index >= 15 is 0 Å². The van der Waals surface area contributed by atoms with Crippen LogP contribution in [-0.2, 0) is 6.18 Å². The minimum absolute atomic E-state index is 0.0266. The van der Waals surface area contributed by atoms with Crippen LogP contribution in [0.1, 0.15) is 15.9 Å². The number of pyridine rings is 1. The summed E-state index contributed by atoms with van der Waals surface area (Å²) in [6.45, 7) is 0. The van der Waals surface area contributed by atoms with Crippen LogP contribution in [0.4, 0.5) is 13.2 Å². The molecule has 1 aromatic carbocycles. The van der Waals surface area contributed by atoms with Gasteiger partial charge in [0.25, 0.3) is 0 Å². The van der Waals surface area contributed by atoms with Crippen molar-refractivity contribution in [2.75, 3.05) is 0 Å². The Balaban J connectivity index is 2.18. The van der Waals surface area contributed by atoms with Crippen LogP contribution in [0.2, 0.25) is 0 Å². The third-order valence-corrected chi connectivity index (χ3v) is 3.22. The van der Waals surface area contributed by atoms with Gasteiger partial charge in [0.15, 0.2) is 0 Å². The summed E-state index contributed by atoms with van der Waals surface area (Å²) in [5.74, 6) is -0.866. The number of hydrogen-bond acceptors (Lipinski definition) is 2. The molecule has 0 spiro atoms. The van der Waals surface area contributed by atoms with Gasteiger partial charge in [0.1, 0.15) is 5.82 Å². The molecule has 0 radical (unpaired) electrons. The van der Waals surface area contributed by atoms with Crippen LogP contribution in [0.15, 0.2) is 48.8 Å². The number of carbonyl (C=O) groups is 1. The molecule has 0 amide bonds. The molecule has 0 saturated carbocycles. The molecule has 0 atom stereocenters. The summed E-state index contributed by atoms with van der Waals surface area (Å²) in [5, 5.41) is 9.01. The molecule has 2 aromatic heterocycles. The Morgan fingerprint density at radius 1 is 1.18 bits per heavy atom. The minimum atomic E-state index is -4.45. The lowest BCUT2D eigenvalue weighted by molar-refractivity contribution is -0.137. The number of benzene rings is 1. The molecule has 3 rings (SSSR count). The van der Waals surface area contributed by atoms with Gasteiger partial charge in [0.05, 0.1) is 22.8 Å². The molecule has 0 unspecified atom stereocenters. The average molecular weight is 306 g/mol. The third kappa shape index (κ3) is 2.41. The highest BCUT2D eigenvalue weighted by Crippen LogP contribution is 2.32. The zero-order chi connectivity index (χ0) is 15.9. The number of aromatic nitrogens is 2. The largest absolute Gasteiger partial charge is 0.478 e. The summed E-state index contributed by atoms with van der Waals surface area (Å²) in [6.07, 6.45) is -1.64. The van der Waals surface area contributed by atoms with Gasteiger partial charge >= 0.3 is 12.1 Å². The highest BCUT2D eigenvalue weighted by molar-refractivity contribution is 5.88. The topological polar surface area (TPSA) is 54.6 Å². The van der Waals surface area contributed by atoms with Crippen molar-refractivity contribution in [2.45, 2.75) is 6.18 Å². The Morgan fingerprint density at radius 3 is 2.64 bits per heavy atom. The summed E-state index contributed by atoms with van der Waals surface area (Å²) >= 11 is 0. The molecule has 1 N–H and O–H groups in total. The maximum Gasteiger partial charge on any atom is 0.416 e. The standard InChI is InChI=1S/C15H9F3N2O2/c16-15(17,18)11-3-1-2-9(6-11)13-19-7-12-5-4-10(14(21)22)8-20(12)13/h1-8H,(H,21,22). The number of fused-ring (bicyclic) bond motifs is 1. The van der Waals surface area contributed by atoms with E-state index in [0.29, 0.717) is 5.52 Å². The van der Waals surface area contributed by atoms with Gasteiger partial charge < -0.3 is 5.11 Å². The lowest BCUT2D eigenvalue weighted by Gasteiger charge is -2.08. The number of aromatic carboxylic acids is 1. The van der Waals surface area contributed by atoms with Gasteiger partial charge in [-0.2, -0.15) is 13.2 Å². The van der Waals surface area contributed by atoms with Crippen molar-refractivity contribution in [3.05, 3.63) is 59.9 Å². The number of halogens is 3. The fraction of sp³-hybridized carbons (Fsp3) is 0.0667. The summed E-state index contributed by atoms with van der Waals surface area (Å²) in [4.78, 5) is 15.1. The SMILES string of the molecule is O=C(O)c1ccc2cnc(-c3cccc(C(F)(F)F)c3)n2c1. The van der Waals surface area contributed by atoms with Crippen LogP contribution in [0.3, 0.4) is 0 Å². The molecule has 22 heavy (non-hydrogen) atoms. The number of alkyl halides is 3. The fourth-order valence-corrected chi connectivity index (χ4v) is 2.16.